The standard InChI is InChI=1S/C14H25N7/c1-20(2)13-16-12(19-15)17-14(18-13)21-9-5-7-10-6-3-4-8-11(10)21/h10-11H,3-9,15H2,1-2H3,(H,16,17,18,19)/t10-,11-/m1/s1. The van der Waals surface area contributed by atoms with Gasteiger partial charge in [0.25, 0.3) is 0 Å². The van der Waals surface area contributed by atoms with E-state index in [1.807, 2.05) is 19.0 Å². The molecule has 2 heterocycles. The Balaban J connectivity index is 1.92. The number of fused-ring (bicyclic) bond motifs is 1. The fraction of sp³-hybridized carbons (Fsp3) is 0.786. The molecule has 0 amide bonds. The van der Waals surface area contributed by atoms with Crippen molar-refractivity contribution in [3.05, 3.63) is 0 Å². The summed E-state index contributed by atoms with van der Waals surface area (Å²) in [7, 11) is 3.86. The molecule has 1 aromatic rings. The molecule has 7 heteroatoms. The Morgan fingerprint density at radius 3 is 2.62 bits per heavy atom. The molecule has 0 unspecified atom stereocenters. The Hall–Kier alpha value is -1.63. The van der Waals surface area contributed by atoms with E-state index in [4.69, 9.17) is 5.84 Å². The van der Waals surface area contributed by atoms with E-state index in [1.54, 1.807) is 0 Å². The van der Waals surface area contributed by atoms with Gasteiger partial charge in [-0.1, -0.05) is 12.8 Å². The zero-order chi connectivity index (χ0) is 14.8. The summed E-state index contributed by atoms with van der Waals surface area (Å²) in [6.07, 6.45) is 7.83. The van der Waals surface area contributed by atoms with E-state index in [2.05, 4.69) is 25.3 Å². The third-order valence-corrected chi connectivity index (χ3v) is 4.64. The molecular formula is C14H25N7. The maximum absolute atomic E-state index is 5.51. The number of nitrogens with two attached hydrogens (primary N) is 1. The highest BCUT2D eigenvalue weighted by Crippen LogP contribution is 2.37. The van der Waals surface area contributed by atoms with Gasteiger partial charge in [-0.25, -0.2) is 5.84 Å². The van der Waals surface area contributed by atoms with Crippen LogP contribution in [0.3, 0.4) is 0 Å². The van der Waals surface area contributed by atoms with Crippen molar-refractivity contribution in [2.45, 2.75) is 44.6 Å². The van der Waals surface area contributed by atoms with Crippen molar-refractivity contribution in [1.82, 2.24) is 15.0 Å². The van der Waals surface area contributed by atoms with Crippen LogP contribution in [-0.2, 0) is 0 Å². The third-order valence-electron chi connectivity index (χ3n) is 4.64. The summed E-state index contributed by atoms with van der Waals surface area (Å²) in [6.45, 7) is 1.03. The highest BCUT2D eigenvalue weighted by molar-refractivity contribution is 5.45. The van der Waals surface area contributed by atoms with E-state index in [9.17, 15) is 0 Å². The summed E-state index contributed by atoms with van der Waals surface area (Å²) < 4.78 is 0. The summed E-state index contributed by atoms with van der Waals surface area (Å²) in [6, 6.07) is 0.579. The van der Waals surface area contributed by atoms with E-state index in [1.165, 1.54) is 38.5 Å². The van der Waals surface area contributed by atoms with Crippen LogP contribution in [0, 0.1) is 5.92 Å². The topological polar surface area (TPSA) is 83.2 Å². The van der Waals surface area contributed by atoms with Crippen LogP contribution in [0.4, 0.5) is 17.8 Å². The van der Waals surface area contributed by atoms with Crippen molar-refractivity contribution < 1.29 is 0 Å². The number of hydrazine groups is 1. The number of rotatable bonds is 3. The SMILES string of the molecule is CN(C)c1nc(NN)nc(N2CCC[C@H]3CCCC[C@H]32)n1. The second kappa shape index (κ2) is 6.01. The van der Waals surface area contributed by atoms with Crippen molar-refractivity contribution >= 4 is 17.8 Å². The van der Waals surface area contributed by atoms with E-state index in [-0.39, 0.29) is 0 Å². The fourth-order valence-electron chi connectivity index (χ4n) is 3.62. The van der Waals surface area contributed by atoms with Gasteiger partial charge in [-0.05, 0) is 31.6 Å². The maximum Gasteiger partial charge on any atom is 0.243 e. The Kier molecular flexibility index (Phi) is 4.10. The average molecular weight is 291 g/mol. The number of hydrogen-bond acceptors (Lipinski definition) is 7. The zero-order valence-electron chi connectivity index (χ0n) is 12.9. The van der Waals surface area contributed by atoms with Gasteiger partial charge < -0.3 is 9.80 Å². The van der Waals surface area contributed by atoms with Crippen molar-refractivity contribution in [2.75, 3.05) is 35.9 Å². The first-order valence-corrected chi connectivity index (χ1v) is 7.85. The first-order chi connectivity index (χ1) is 10.2. The third kappa shape index (κ3) is 2.88. The molecule has 1 aliphatic heterocycles. The van der Waals surface area contributed by atoms with Crippen molar-refractivity contribution in [1.29, 1.82) is 0 Å². The number of nitrogens with zero attached hydrogens (tertiary/aromatic N) is 5. The Labute approximate surface area is 125 Å². The van der Waals surface area contributed by atoms with Gasteiger partial charge in [0, 0.05) is 26.7 Å². The molecule has 1 aliphatic carbocycles. The van der Waals surface area contributed by atoms with Gasteiger partial charge in [-0.2, -0.15) is 15.0 Å². The molecule has 116 valence electrons. The molecule has 0 aromatic carbocycles. The van der Waals surface area contributed by atoms with Crippen LogP contribution >= 0.6 is 0 Å². The van der Waals surface area contributed by atoms with Crippen molar-refractivity contribution in [2.24, 2.45) is 11.8 Å². The smallest absolute Gasteiger partial charge is 0.243 e. The molecule has 7 nitrogen and oxygen atoms in total. The first-order valence-electron chi connectivity index (χ1n) is 7.85. The van der Waals surface area contributed by atoms with E-state index >= 15 is 0 Å². The van der Waals surface area contributed by atoms with E-state index < -0.39 is 0 Å². The van der Waals surface area contributed by atoms with Gasteiger partial charge in [0.1, 0.15) is 0 Å². The molecule has 2 atom stereocenters. The highest BCUT2D eigenvalue weighted by atomic mass is 15.4. The molecule has 1 saturated carbocycles. The van der Waals surface area contributed by atoms with Crippen molar-refractivity contribution in [3.63, 3.8) is 0 Å². The molecule has 21 heavy (non-hydrogen) atoms. The minimum atomic E-state index is 0.432. The van der Waals surface area contributed by atoms with Gasteiger partial charge in [-0.3, -0.25) is 5.43 Å². The Bertz CT molecular complexity index is 488. The monoisotopic (exact) mass is 291 g/mol. The molecular weight excluding hydrogens is 266 g/mol. The molecule has 2 aliphatic rings. The molecule has 0 spiro atoms. The maximum atomic E-state index is 5.51. The summed E-state index contributed by atoms with van der Waals surface area (Å²) >= 11 is 0. The van der Waals surface area contributed by atoms with Gasteiger partial charge in [0.15, 0.2) is 0 Å². The lowest BCUT2D eigenvalue weighted by molar-refractivity contribution is 0.241. The summed E-state index contributed by atoms with van der Waals surface area (Å²) in [5.41, 5.74) is 2.56. The van der Waals surface area contributed by atoms with Gasteiger partial charge >= 0.3 is 0 Å². The van der Waals surface area contributed by atoms with Gasteiger partial charge in [0.05, 0.1) is 0 Å². The van der Waals surface area contributed by atoms with Crippen LogP contribution in [0.2, 0.25) is 0 Å². The number of hydrogen-bond donors (Lipinski definition) is 2. The van der Waals surface area contributed by atoms with Crippen LogP contribution in [0.5, 0.6) is 0 Å². The van der Waals surface area contributed by atoms with Crippen LogP contribution in [-0.4, -0.2) is 41.6 Å². The number of nitrogen functional groups attached to an aromatic ring is 1. The van der Waals surface area contributed by atoms with Crippen LogP contribution in [0.15, 0.2) is 0 Å². The highest BCUT2D eigenvalue weighted by Gasteiger charge is 2.34. The number of anilines is 3. The second-order valence-electron chi connectivity index (χ2n) is 6.25. The largest absolute Gasteiger partial charge is 0.347 e. The predicted molar refractivity (Wildman–Crippen MR) is 84.3 cm³/mol. The zero-order valence-corrected chi connectivity index (χ0v) is 12.9. The van der Waals surface area contributed by atoms with E-state index in [0.717, 1.165) is 18.4 Å². The molecule has 3 rings (SSSR count). The van der Waals surface area contributed by atoms with E-state index in [0.29, 0.717) is 17.9 Å². The van der Waals surface area contributed by atoms with Gasteiger partial charge in [0.2, 0.25) is 17.8 Å². The second-order valence-corrected chi connectivity index (χ2v) is 6.25. The molecule has 1 aromatic heterocycles. The Morgan fingerprint density at radius 2 is 1.86 bits per heavy atom. The number of aromatic nitrogens is 3. The lowest BCUT2D eigenvalue weighted by atomic mass is 9.78. The average Bonchev–Trinajstić information content (AvgIpc) is 2.53. The van der Waals surface area contributed by atoms with Crippen molar-refractivity contribution in [3.8, 4) is 0 Å². The molecule has 2 fully saturated rings. The first kappa shape index (κ1) is 14.3. The molecule has 0 radical (unpaired) electrons. The summed E-state index contributed by atoms with van der Waals surface area (Å²) in [4.78, 5) is 17.7. The summed E-state index contributed by atoms with van der Waals surface area (Å²) in [5.74, 6) is 8.14. The lowest BCUT2D eigenvalue weighted by Crippen LogP contribution is -2.47. The Morgan fingerprint density at radius 1 is 1.10 bits per heavy atom. The quantitative estimate of drug-likeness (QED) is 0.643. The fourth-order valence-corrected chi connectivity index (χ4v) is 3.62. The molecule has 1 saturated heterocycles. The van der Waals surface area contributed by atoms with Crippen LogP contribution in [0.25, 0.3) is 0 Å². The van der Waals surface area contributed by atoms with Crippen LogP contribution < -0.4 is 21.1 Å². The lowest BCUT2D eigenvalue weighted by Gasteiger charge is -2.44. The predicted octanol–water partition coefficient (Wildman–Crippen LogP) is 1.38. The molecule has 0 bridgehead atoms. The van der Waals surface area contributed by atoms with Crippen LogP contribution in [0.1, 0.15) is 38.5 Å². The minimum Gasteiger partial charge on any atom is -0.347 e. The summed E-state index contributed by atoms with van der Waals surface area (Å²) in [5, 5.41) is 0. The van der Waals surface area contributed by atoms with Gasteiger partial charge in [-0.15, -0.1) is 0 Å². The number of piperidine rings is 1. The normalized spacial score (nSPS) is 25.4. The number of nitrogens with one attached hydrogen (secondary N) is 1. The minimum absolute atomic E-state index is 0.432. The molecule has 3 N–H and O–H groups in total.